The van der Waals surface area contributed by atoms with E-state index in [9.17, 15) is 4.79 Å². The molecule has 20 heavy (non-hydrogen) atoms. The van der Waals surface area contributed by atoms with Crippen molar-refractivity contribution in [1.29, 1.82) is 0 Å². The molecule has 7 heteroatoms. The van der Waals surface area contributed by atoms with Gasteiger partial charge in [-0.1, -0.05) is 0 Å². The molecule has 2 N–H and O–H groups in total. The summed E-state index contributed by atoms with van der Waals surface area (Å²) in [5.41, 5.74) is 0.805. The van der Waals surface area contributed by atoms with Crippen molar-refractivity contribution in [3.8, 4) is 5.88 Å². The molecule has 0 bridgehead atoms. The van der Waals surface area contributed by atoms with Crippen LogP contribution < -0.4 is 10.1 Å². The zero-order valence-corrected chi connectivity index (χ0v) is 10.9. The number of pyridine rings is 1. The van der Waals surface area contributed by atoms with Gasteiger partial charge in [0.15, 0.2) is 0 Å². The molecule has 0 spiro atoms. The molecule has 0 saturated heterocycles. The third kappa shape index (κ3) is 3.64. The molecule has 0 atom stereocenters. The molecule has 104 valence electrons. The van der Waals surface area contributed by atoms with Gasteiger partial charge < -0.3 is 15.2 Å². The quantitative estimate of drug-likeness (QED) is 0.825. The summed E-state index contributed by atoms with van der Waals surface area (Å²) in [7, 11) is 0. The first-order chi connectivity index (χ1) is 9.69. The number of hydrogen-bond acceptors (Lipinski definition) is 6. The molecule has 7 nitrogen and oxygen atoms in total. The second kappa shape index (κ2) is 6.46. The van der Waals surface area contributed by atoms with Crippen molar-refractivity contribution in [2.24, 2.45) is 0 Å². The van der Waals surface area contributed by atoms with E-state index in [4.69, 9.17) is 9.84 Å². The maximum Gasteiger partial charge on any atom is 0.335 e. The SMILES string of the molecule is CCOc1cncc(NCc2cc(C(=O)O)ccn2)n1. The highest BCUT2D eigenvalue weighted by Gasteiger charge is 2.05. The predicted molar refractivity (Wildman–Crippen MR) is 71.7 cm³/mol. The number of ether oxygens (including phenoxy) is 1. The highest BCUT2D eigenvalue weighted by Crippen LogP contribution is 2.10. The molecule has 2 rings (SSSR count). The summed E-state index contributed by atoms with van der Waals surface area (Å²) >= 11 is 0. The number of nitrogens with one attached hydrogen (secondary N) is 1. The molecule has 0 fully saturated rings. The van der Waals surface area contributed by atoms with Gasteiger partial charge in [0.25, 0.3) is 0 Å². The van der Waals surface area contributed by atoms with Crippen LogP contribution in [0.25, 0.3) is 0 Å². The fraction of sp³-hybridized carbons (Fsp3) is 0.231. The summed E-state index contributed by atoms with van der Waals surface area (Å²) in [6.07, 6.45) is 4.55. The summed E-state index contributed by atoms with van der Waals surface area (Å²) in [4.78, 5) is 23.1. The van der Waals surface area contributed by atoms with E-state index in [1.54, 1.807) is 6.20 Å². The highest BCUT2D eigenvalue weighted by atomic mass is 16.5. The first kappa shape index (κ1) is 13.7. The summed E-state index contributed by atoms with van der Waals surface area (Å²) in [5.74, 6) is -0.00462. The Labute approximate surface area is 115 Å². The van der Waals surface area contributed by atoms with Gasteiger partial charge in [-0.05, 0) is 19.1 Å². The number of nitrogens with zero attached hydrogens (tertiary/aromatic N) is 3. The summed E-state index contributed by atoms with van der Waals surface area (Å²) in [6, 6.07) is 2.95. The molecule has 0 amide bonds. The van der Waals surface area contributed by atoms with Crippen molar-refractivity contribution in [3.63, 3.8) is 0 Å². The average molecular weight is 274 g/mol. The summed E-state index contributed by atoms with van der Waals surface area (Å²) < 4.78 is 5.24. The average Bonchev–Trinajstić information content (AvgIpc) is 2.46. The summed E-state index contributed by atoms with van der Waals surface area (Å²) in [5, 5.41) is 11.9. The normalized spacial score (nSPS) is 10.1. The highest BCUT2D eigenvalue weighted by molar-refractivity contribution is 5.87. The van der Waals surface area contributed by atoms with E-state index in [0.29, 0.717) is 30.5 Å². The van der Waals surface area contributed by atoms with Crippen LogP contribution >= 0.6 is 0 Å². The monoisotopic (exact) mass is 274 g/mol. The Morgan fingerprint density at radius 1 is 1.45 bits per heavy atom. The molecule has 0 radical (unpaired) electrons. The third-order valence-corrected chi connectivity index (χ3v) is 2.42. The van der Waals surface area contributed by atoms with Crippen LogP contribution in [0.3, 0.4) is 0 Å². The van der Waals surface area contributed by atoms with E-state index in [0.717, 1.165) is 0 Å². The van der Waals surface area contributed by atoms with Crippen LogP contribution in [-0.2, 0) is 6.54 Å². The van der Waals surface area contributed by atoms with Gasteiger partial charge in [-0.2, -0.15) is 4.98 Å². The Balaban J connectivity index is 2.03. The minimum absolute atomic E-state index is 0.200. The number of rotatable bonds is 6. The fourth-order valence-electron chi connectivity index (χ4n) is 1.54. The molecule has 0 saturated carbocycles. The van der Waals surface area contributed by atoms with Crippen LogP contribution in [-0.4, -0.2) is 32.6 Å². The molecule has 0 aromatic carbocycles. The molecule has 0 aliphatic rings. The Bertz CT molecular complexity index is 604. The van der Waals surface area contributed by atoms with Crippen molar-refractivity contribution < 1.29 is 14.6 Å². The molecule has 2 aromatic heterocycles. The van der Waals surface area contributed by atoms with Crippen molar-refractivity contribution in [1.82, 2.24) is 15.0 Å². The smallest absolute Gasteiger partial charge is 0.335 e. The van der Waals surface area contributed by atoms with Crippen molar-refractivity contribution >= 4 is 11.8 Å². The topological polar surface area (TPSA) is 97.2 Å². The van der Waals surface area contributed by atoms with Gasteiger partial charge in [0.2, 0.25) is 5.88 Å². The summed E-state index contributed by atoms with van der Waals surface area (Å²) in [6.45, 7) is 2.73. The molecule has 2 aromatic rings. The van der Waals surface area contributed by atoms with Gasteiger partial charge in [-0.25, -0.2) is 4.79 Å². The van der Waals surface area contributed by atoms with Crippen LogP contribution in [0.15, 0.2) is 30.7 Å². The molecule has 0 unspecified atom stereocenters. The third-order valence-electron chi connectivity index (χ3n) is 2.42. The molecule has 0 aliphatic carbocycles. The Kier molecular flexibility index (Phi) is 4.43. The Hall–Kier alpha value is -2.70. The Morgan fingerprint density at radius 2 is 2.30 bits per heavy atom. The van der Waals surface area contributed by atoms with Gasteiger partial charge in [0.05, 0.1) is 36.8 Å². The van der Waals surface area contributed by atoms with Gasteiger partial charge in [-0.15, -0.1) is 0 Å². The Morgan fingerprint density at radius 3 is 3.05 bits per heavy atom. The molecular formula is C13H14N4O3. The molecular weight excluding hydrogens is 260 g/mol. The number of carboxylic acids is 1. The maximum atomic E-state index is 10.9. The number of aromatic carboxylic acids is 1. The van der Waals surface area contributed by atoms with E-state index in [-0.39, 0.29) is 5.56 Å². The lowest BCUT2D eigenvalue weighted by molar-refractivity contribution is 0.0696. The predicted octanol–water partition coefficient (Wildman–Crippen LogP) is 1.58. The minimum Gasteiger partial charge on any atom is -0.478 e. The van der Waals surface area contributed by atoms with Gasteiger partial charge in [0.1, 0.15) is 5.82 Å². The number of carboxylic acid groups (broad SMARTS) is 1. The lowest BCUT2D eigenvalue weighted by Gasteiger charge is -2.07. The van der Waals surface area contributed by atoms with Crippen LogP contribution in [0.5, 0.6) is 5.88 Å². The zero-order valence-electron chi connectivity index (χ0n) is 10.9. The van der Waals surface area contributed by atoms with Crippen molar-refractivity contribution in [2.45, 2.75) is 13.5 Å². The second-order valence-corrected chi connectivity index (χ2v) is 3.87. The zero-order chi connectivity index (χ0) is 14.4. The van der Waals surface area contributed by atoms with Gasteiger partial charge >= 0.3 is 5.97 Å². The number of anilines is 1. The molecule has 0 aliphatic heterocycles. The number of carbonyl (C=O) groups is 1. The number of hydrogen-bond donors (Lipinski definition) is 2. The van der Waals surface area contributed by atoms with E-state index in [1.165, 1.54) is 24.5 Å². The molecule has 2 heterocycles. The van der Waals surface area contributed by atoms with E-state index < -0.39 is 5.97 Å². The largest absolute Gasteiger partial charge is 0.478 e. The van der Waals surface area contributed by atoms with Gasteiger partial charge in [0, 0.05) is 6.20 Å². The standard InChI is InChI=1S/C13H14N4O3/c1-2-20-12-8-14-7-11(17-12)16-6-10-5-9(13(18)19)3-4-15-10/h3-5,7-8H,2,6H2,1H3,(H,16,17)(H,18,19). The second-order valence-electron chi connectivity index (χ2n) is 3.87. The lowest BCUT2D eigenvalue weighted by atomic mass is 10.2. The number of aromatic nitrogens is 3. The van der Waals surface area contributed by atoms with Crippen LogP contribution in [0.1, 0.15) is 23.0 Å². The van der Waals surface area contributed by atoms with Crippen molar-refractivity contribution in [2.75, 3.05) is 11.9 Å². The van der Waals surface area contributed by atoms with E-state index in [1.807, 2.05) is 6.92 Å². The van der Waals surface area contributed by atoms with Gasteiger partial charge in [-0.3, -0.25) is 9.97 Å². The van der Waals surface area contributed by atoms with Crippen LogP contribution in [0.4, 0.5) is 5.82 Å². The lowest BCUT2D eigenvalue weighted by Crippen LogP contribution is -2.06. The fourth-order valence-corrected chi connectivity index (χ4v) is 1.54. The minimum atomic E-state index is -0.980. The maximum absolute atomic E-state index is 10.9. The van der Waals surface area contributed by atoms with Crippen LogP contribution in [0, 0.1) is 0 Å². The van der Waals surface area contributed by atoms with Crippen LogP contribution in [0.2, 0.25) is 0 Å². The first-order valence-corrected chi connectivity index (χ1v) is 6.06. The van der Waals surface area contributed by atoms with E-state index >= 15 is 0 Å². The first-order valence-electron chi connectivity index (χ1n) is 6.06. The van der Waals surface area contributed by atoms with E-state index in [2.05, 4.69) is 20.3 Å². The van der Waals surface area contributed by atoms with Crippen molar-refractivity contribution in [3.05, 3.63) is 42.0 Å².